The van der Waals surface area contributed by atoms with E-state index < -0.39 is 13.7 Å². The summed E-state index contributed by atoms with van der Waals surface area (Å²) in [5, 5.41) is 14.9. The molecule has 394 valence electrons. The molecular weight excluding hydrogens is 1010 g/mol. The summed E-state index contributed by atoms with van der Waals surface area (Å²) < 4.78 is 17.4. The molecule has 0 bridgehead atoms. The van der Waals surface area contributed by atoms with Gasteiger partial charge in [0.1, 0.15) is 28.8 Å². The van der Waals surface area contributed by atoms with Crippen molar-refractivity contribution in [3.8, 4) is 40.1 Å². The van der Waals surface area contributed by atoms with Gasteiger partial charge in [-0.25, -0.2) is 9.83 Å². The minimum Gasteiger partial charge on any atom is -0.493 e. The highest BCUT2D eigenvalue weighted by Gasteiger charge is 2.37. The van der Waals surface area contributed by atoms with Gasteiger partial charge in [-0.2, -0.15) is 5.26 Å². The van der Waals surface area contributed by atoms with Crippen molar-refractivity contribution in [1.29, 1.82) is 5.26 Å². The van der Waals surface area contributed by atoms with Crippen LogP contribution in [0, 0.1) is 29.7 Å². The van der Waals surface area contributed by atoms with Crippen molar-refractivity contribution in [3.63, 3.8) is 0 Å². The Balaban J connectivity index is 1.41. The standard InChI is InChI=1S/C70H56B2N8O2/c1-47(2)45-81-55-38-34-49(35-39-55)67-64-65(70(66(74-5)63-44-76-59-31-19-21-33-61(59)78-63)80(67)72(53-26-14-8-15-27-53)54-28-16-9-17-29-54)68(50-36-40-56(41-37-50)82-46-48(3)4)79(71(51-22-10-6-11-23-51)52-24-12-7-13-25-52)69(64)57(42-73)62-43-75-58-30-18-20-32-60(58)77-62/h6-41,43-44,47-48H,45-46H2,1-4H3/b69-57-,70-66+. The van der Waals surface area contributed by atoms with Crippen LogP contribution in [0.1, 0.15) is 39.1 Å². The van der Waals surface area contributed by atoms with Gasteiger partial charge in [0, 0.05) is 33.7 Å². The molecule has 0 aliphatic heterocycles. The van der Waals surface area contributed by atoms with E-state index in [1.54, 1.807) is 12.4 Å². The van der Waals surface area contributed by atoms with E-state index in [0.29, 0.717) is 69.2 Å². The number of nitriles is 1. The Morgan fingerprint density at radius 3 is 1.22 bits per heavy atom. The Labute approximate surface area is 478 Å². The molecule has 12 aromatic rings. The first-order chi connectivity index (χ1) is 40.3. The van der Waals surface area contributed by atoms with E-state index in [0.717, 1.165) is 66.6 Å². The maximum atomic E-state index is 12.3. The normalized spacial score (nSPS) is 12.1. The van der Waals surface area contributed by atoms with Crippen LogP contribution in [0.3, 0.4) is 0 Å². The number of hydrogen-bond donors (Lipinski definition) is 0. The Kier molecular flexibility index (Phi) is 14.8. The lowest BCUT2D eigenvalue weighted by molar-refractivity contribution is 0.271. The summed E-state index contributed by atoms with van der Waals surface area (Å²) in [5.74, 6) is 2.04. The molecule has 0 N–H and O–H groups in total. The van der Waals surface area contributed by atoms with Crippen molar-refractivity contribution in [3.05, 3.63) is 264 Å². The number of aromatic nitrogens is 6. The zero-order valence-electron chi connectivity index (χ0n) is 46.1. The van der Waals surface area contributed by atoms with Crippen molar-refractivity contribution in [2.45, 2.75) is 27.7 Å². The van der Waals surface area contributed by atoms with Gasteiger partial charge in [0.25, 0.3) is 0 Å². The zero-order valence-corrected chi connectivity index (χ0v) is 46.1. The van der Waals surface area contributed by atoms with Gasteiger partial charge in [-0.1, -0.05) is 195 Å². The fourth-order valence-corrected chi connectivity index (χ4v) is 11.0. The topological polar surface area (TPSA) is 108 Å². The molecule has 82 heavy (non-hydrogen) atoms. The van der Waals surface area contributed by atoms with E-state index >= 15 is 0 Å². The highest BCUT2D eigenvalue weighted by atomic mass is 16.5. The highest BCUT2D eigenvalue weighted by Crippen LogP contribution is 2.38. The van der Waals surface area contributed by atoms with Gasteiger partial charge in [0.2, 0.25) is 5.70 Å². The van der Waals surface area contributed by atoms with Gasteiger partial charge in [0.15, 0.2) is 0 Å². The van der Waals surface area contributed by atoms with Gasteiger partial charge in [-0.3, -0.25) is 15.0 Å². The SMILES string of the molecule is [C-]#[N+]/C(c1cnc2ccccc2n1)=c1\c2c(-c3ccc(OCC(C)C)cc3)n(B(c3ccccc3)c3ccccc3)/c(=C(/C#N)c3cnc4ccccc4n3)c2c(-c2ccc(OCC(C)C)cc2)n1B(c1ccccc1)c1ccccc1. The van der Waals surface area contributed by atoms with Crippen LogP contribution in [0.25, 0.3) is 71.5 Å². The molecule has 10 nitrogen and oxygen atoms in total. The predicted molar refractivity (Wildman–Crippen MR) is 334 cm³/mol. The monoisotopic (exact) mass is 1060 g/mol. The van der Waals surface area contributed by atoms with Crippen molar-refractivity contribution < 1.29 is 9.47 Å². The second kappa shape index (κ2) is 23.2. The maximum absolute atomic E-state index is 12.3. The molecule has 0 unspecified atom stereocenters. The number of nitrogens with zero attached hydrogens (tertiary/aromatic N) is 8. The molecule has 12 rings (SSSR count). The van der Waals surface area contributed by atoms with Crippen LogP contribution < -0.4 is 42.0 Å². The molecule has 0 aliphatic carbocycles. The molecule has 0 amide bonds. The molecule has 0 saturated carbocycles. The van der Waals surface area contributed by atoms with Crippen LogP contribution in [0.5, 0.6) is 11.5 Å². The number of fused-ring (bicyclic) bond motifs is 3. The molecule has 0 saturated heterocycles. The summed E-state index contributed by atoms with van der Waals surface area (Å²) >= 11 is 0. The molecule has 4 aromatic heterocycles. The molecule has 0 atom stereocenters. The number of para-hydroxylation sites is 4. The molecule has 0 radical (unpaired) electrons. The fraction of sp³-hybridized carbons (Fsp3) is 0.114. The van der Waals surface area contributed by atoms with Gasteiger partial charge in [0.05, 0.1) is 59.1 Å². The van der Waals surface area contributed by atoms with Gasteiger partial charge in [-0.15, -0.1) is 0 Å². The molecule has 12 heteroatoms. The maximum Gasteiger partial charge on any atom is 0.328 e. The quantitative estimate of drug-likeness (QED) is 0.0700. The third-order valence-corrected chi connectivity index (χ3v) is 14.6. The Bertz CT molecular complexity index is 4110. The van der Waals surface area contributed by atoms with Crippen molar-refractivity contribution in [2.24, 2.45) is 11.8 Å². The van der Waals surface area contributed by atoms with Crippen LogP contribution in [-0.4, -0.2) is 55.8 Å². The molecule has 0 spiro atoms. The fourth-order valence-electron chi connectivity index (χ4n) is 11.0. The number of benzene rings is 8. The van der Waals surface area contributed by atoms with Gasteiger partial charge in [-0.05, 0) is 95.8 Å². The lowest BCUT2D eigenvalue weighted by Crippen LogP contribution is -2.54. The lowest BCUT2D eigenvalue weighted by Gasteiger charge is -2.24. The summed E-state index contributed by atoms with van der Waals surface area (Å²) in [5.41, 5.74) is 11.1. The summed E-state index contributed by atoms with van der Waals surface area (Å²) in [4.78, 5) is 25.2. The average Bonchev–Trinajstić information content (AvgIpc) is 3.97. The molecule has 8 aromatic carbocycles. The van der Waals surface area contributed by atoms with E-state index in [4.69, 9.17) is 29.4 Å². The van der Waals surface area contributed by atoms with E-state index in [2.05, 4.69) is 169 Å². The van der Waals surface area contributed by atoms with Crippen molar-refractivity contribution in [1.82, 2.24) is 28.9 Å². The van der Waals surface area contributed by atoms with Crippen LogP contribution in [-0.2, 0) is 0 Å². The largest absolute Gasteiger partial charge is 0.493 e. The third-order valence-electron chi connectivity index (χ3n) is 14.6. The number of rotatable bonds is 16. The van der Waals surface area contributed by atoms with Gasteiger partial charge >= 0.3 is 13.7 Å². The Morgan fingerprint density at radius 2 is 0.829 bits per heavy atom. The Morgan fingerprint density at radius 1 is 0.476 bits per heavy atom. The predicted octanol–water partition coefficient (Wildman–Crippen LogP) is 10.8. The second-order valence-electron chi connectivity index (χ2n) is 21.2. The molecule has 0 fully saturated rings. The first kappa shape index (κ1) is 52.4. The first-order valence-electron chi connectivity index (χ1n) is 27.7. The first-order valence-corrected chi connectivity index (χ1v) is 27.7. The number of ether oxygens (including phenoxy) is 2. The molecular formula is C70H56B2N8O2. The third kappa shape index (κ3) is 10.2. The summed E-state index contributed by atoms with van der Waals surface area (Å²) in [6, 6.07) is 76.4. The minimum atomic E-state index is -0.565. The van der Waals surface area contributed by atoms with E-state index in [1.807, 2.05) is 97.1 Å². The lowest BCUT2D eigenvalue weighted by atomic mass is 9.50. The van der Waals surface area contributed by atoms with Crippen molar-refractivity contribution in [2.75, 3.05) is 13.2 Å². The molecule has 0 aliphatic rings. The van der Waals surface area contributed by atoms with Crippen LogP contribution in [0.2, 0.25) is 0 Å². The second-order valence-corrected chi connectivity index (χ2v) is 21.2. The van der Waals surface area contributed by atoms with Crippen LogP contribution in [0.4, 0.5) is 0 Å². The van der Waals surface area contributed by atoms with Crippen molar-refractivity contribution >= 4 is 79.7 Å². The zero-order chi connectivity index (χ0) is 56.1. The summed E-state index contributed by atoms with van der Waals surface area (Å²) in [6.07, 6.45) is 3.42. The average molecular weight is 1060 g/mol. The minimum absolute atomic E-state index is 0.269. The number of hydrogen-bond acceptors (Lipinski definition) is 7. The van der Waals surface area contributed by atoms with Crippen LogP contribution >= 0.6 is 0 Å². The van der Waals surface area contributed by atoms with E-state index in [-0.39, 0.29) is 11.3 Å². The molecule has 4 heterocycles. The smallest absolute Gasteiger partial charge is 0.328 e. The Hall–Kier alpha value is -10.3. The van der Waals surface area contributed by atoms with E-state index in [9.17, 15) is 11.8 Å². The summed E-state index contributed by atoms with van der Waals surface area (Å²) in [6.45, 7) is 18.1. The van der Waals surface area contributed by atoms with Crippen LogP contribution in [0.15, 0.2) is 231 Å². The highest BCUT2D eigenvalue weighted by molar-refractivity contribution is 6.85. The van der Waals surface area contributed by atoms with E-state index in [1.165, 1.54) is 0 Å². The van der Waals surface area contributed by atoms with Gasteiger partial charge < -0.3 is 18.4 Å². The summed E-state index contributed by atoms with van der Waals surface area (Å²) in [7, 11) is 0.